The highest BCUT2D eigenvalue weighted by molar-refractivity contribution is 6.02. The van der Waals surface area contributed by atoms with E-state index in [4.69, 9.17) is 4.42 Å². The molecule has 0 atom stereocenters. The van der Waals surface area contributed by atoms with Gasteiger partial charge in [0.2, 0.25) is 5.78 Å². The third-order valence-corrected chi connectivity index (χ3v) is 1.08. The minimum atomic E-state index is -0.0903. The molecule has 2 heteroatoms. The van der Waals surface area contributed by atoms with E-state index in [1.54, 1.807) is 25.1 Å². The number of ketones is 1. The van der Waals surface area contributed by atoms with Crippen LogP contribution in [0.4, 0.5) is 0 Å². The van der Waals surface area contributed by atoms with Gasteiger partial charge < -0.3 is 4.42 Å². The van der Waals surface area contributed by atoms with Crippen molar-refractivity contribution in [3.05, 3.63) is 36.3 Å². The van der Waals surface area contributed by atoms with Crippen molar-refractivity contribution < 1.29 is 9.21 Å². The molecule has 1 aromatic heterocycles. The molecular formula is C8H8O2. The highest BCUT2D eigenvalue weighted by Crippen LogP contribution is 2.01. The van der Waals surface area contributed by atoms with Gasteiger partial charge in [0.1, 0.15) is 0 Å². The van der Waals surface area contributed by atoms with Gasteiger partial charge in [0.25, 0.3) is 0 Å². The van der Waals surface area contributed by atoms with Crippen LogP contribution in [0.1, 0.15) is 17.5 Å². The van der Waals surface area contributed by atoms with Crippen LogP contribution in [0.25, 0.3) is 0 Å². The van der Waals surface area contributed by atoms with Gasteiger partial charge in [-0.2, -0.15) is 0 Å². The first kappa shape index (κ1) is 6.81. The summed E-state index contributed by atoms with van der Waals surface area (Å²) in [5.41, 5.74) is 0. The molecule has 0 aliphatic carbocycles. The lowest BCUT2D eigenvalue weighted by atomic mass is 10.3. The molecule has 52 valence electrons. The molecule has 0 amide bonds. The zero-order chi connectivity index (χ0) is 7.40. The topological polar surface area (TPSA) is 30.2 Å². The highest BCUT2D eigenvalue weighted by atomic mass is 16.3. The van der Waals surface area contributed by atoms with Crippen LogP contribution in [-0.2, 0) is 0 Å². The number of carbonyl (C=O) groups is 1. The van der Waals surface area contributed by atoms with Gasteiger partial charge in [-0.25, -0.2) is 0 Å². The molecule has 0 bridgehead atoms. The zero-order valence-corrected chi connectivity index (χ0v) is 5.70. The molecule has 0 N–H and O–H groups in total. The van der Waals surface area contributed by atoms with Crippen LogP contribution in [0.15, 0.2) is 35.0 Å². The number of rotatable bonds is 2. The largest absolute Gasteiger partial charge is 0.461 e. The molecule has 0 saturated carbocycles. The maximum absolute atomic E-state index is 10.9. The van der Waals surface area contributed by atoms with Gasteiger partial charge in [-0.15, -0.1) is 0 Å². The number of allylic oxidation sites excluding steroid dienone is 2. The number of carbonyl (C=O) groups excluding carboxylic acids is 1. The van der Waals surface area contributed by atoms with Crippen molar-refractivity contribution in [1.82, 2.24) is 0 Å². The van der Waals surface area contributed by atoms with E-state index in [9.17, 15) is 4.79 Å². The van der Waals surface area contributed by atoms with Crippen molar-refractivity contribution in [3.8, 4) is 0 Å². The van der Waals surface area contributed by atoms with Gasteiger partial charge in [0, 0.05) is 0 Å². The van der Waals surface area contributed by atoms with Gasteiger partial charge in [-0.05, 0) is 25.1 Å². The highest BCUT2D eigenvalue weighted by Gasteiger charge is 2.01. The maximum Gasteiger partial charge on any atom is 0.220 e. The van der Waals surface area contributed by atoms with E-state index in [2.05, 4.69) is 0 Å². The van der Waals surface area contributed by atoms with Crippen LogP contribution >= 0.6 is 0 Å². The summed E-state index contributed by atoms with van der Waals surface area (Å²) in [4.78, 5) is 10.9. The second-order valence-corrected chi connectivity index (χ2v) is 1.84. The van der Waals surface area contributed by atoms with Crippen molar-refractivity contribution >= 4 is 5.78 Å². The minimum Gasteiger partial charge on any atom is -0.461 e. The van der Waals surface area contributed by atoms with Crippen molar-refractivity contribution in [1.29, 1.82) is 0 Å². The first-order valence-corrected chi connectivity index (χ1v) is 3.05. The van der Waals surface area contributed by atoms with Crippen LogP contribution in [0.3, 0.4) is 0 Å². The molecule has 0 unspecified atom stereocenters. The Bertz CT molecular complexity index is 232. The van der Waals surface area contributed by atoms with Gasteiger partial charge in [0.05, 0.1) is 6.26 Å². The molecule has 10 heavy (non-hydrogen) atoms. The van der Waals surface area contributed by atoms with E-state index < -0.39 is 0 Å². The molecule has 1 heterocycles. The Hall–Kier alpha value is -1.31. The van der Waals surface area contributed by atoms with E-state index in [1.807, 2.05) is 0 Å². The second-order valence-electron chi connectivity index (χ2n) is 1.84. The smallest absolute Gasteiger partial charge is 0.220 e. The van der Waals surface area contributed by atoms with Crippen molar-refractivity contribution in [2.45, 2.75) is 6.92 Å². The SMILES string of the molecule is CC=CC(=O)c1ccco1. The molecule has 0 saturated heterocycles. The van der Waals surface area contributed by atoms with E-state index in [1.165, 1.54) is 12.3 Å². The number of furan rings is 1. The Labute approximate surface area is 59.2 Å². The number of hydrogen-bond acceptors (Lipinski definition) is 2. The van der Waals surface area contributed by atoms with Crippen LogP contribution in [0, 0.1) is 0 Å². The van der Waals surface area contributed by atoms with Crippen molar-refractivity contribution in [2.24, 2.45) is 0 Å². The standard InChI is InChI=1S/C8H8O2/c1-2-4-7(9)8-5-3-6-10-8/h2-6H,1H3. The first-order chi connectivity index (χ1) is 4.84. The Morgan fingerprint density at radius 2 is 2.50 bits per heavy atom. The quantitative estimate of drug-likeness (QED) is 0.460. The van der Waals surface area contributed by atoms with Crippen LogP contribution < -0.4 is 0 Å². The molecular weight excluding hydrogens is 128 g/mol. The Morgan fingerprint density at radius 3 is 3.00 bits per heavy atom. The van der Waals surface area contributed by atoms with Gasteiger partial charge in [-0.1, -0.05) is 6.08 Å². The molecule has 0 radical (unpaired) electrons. The summed E-state index contributed by atoms with van der Waals surface area (Å²) in [5.74, 6) is 0.297. The Kier molecular flexibility index (Phi) is 2.05. The molecule has 0 aliphatic heterocycles. The Balaban J connectivity index is 2.78. The summed E-state index contributed by atoms with van der Waals surface area (Å²) in [6.45, 7) is 1.79. The second kappa shape index (κ2) is 3.01. The zero-order valence-electron chi connectivity index (χ0n) is 5.70. The number of hydrogen-bond donors (Lipinski definition) is 0. The fraction of sp³-hybridized carbons (Fsp3) is 0.125. The average Bonchev–Trinajstić information content (AvgIpc) is 2.38. The summed E-state index contributed by atoms with van der Waals surface area (Å²) in [6, 6.07) is 3.33. The van der Waals surface area contributed by atoms with Gasteiger partial charge in [-0.3, -0.25) is 4.79 Å². The lowest BCUT2D eigenvalue weighted by Crippen LogP contribution is -1.89. The fourth-order valence-corrected chi connectivity index (χ4v) is 0.652. The molecule has 1 aromatic rings. The molecule has 0 aromatic carbocycles. The van der Waals surface area contributed by atoms with Crippen LogP contribution in [-0.4, -0.2) is 5.78 Å². The van der Waals surface area contributed by atoms with E-state index >= 15 is 0 Å². The molecule has 0 spiro atoms. The predicted octanol–water partition coefficient (Wildman–Crippen LogP) is 2.04. The predicted molar refractivity (Wildman–Crippen MR) is 37.9 cm³/mol. The monoisotopic (exact) mass is 136 g/mol. The molecule has 0 fully saturated rings. The fourth-order valence-electron chi connectivity index (χ4n) is 0.652. The third kappa shape index (κ3) is 1.35. The van der Waals surface area contributed by atoms with E-state index in [0.717, 1.165) is 0 Å². The van der Waals surface area contributed by atoms with E-state index in [0.29, 0.717) is 5.76 Å². The minimum absolute atomic E-state index is 0.0903. The van der Waals surface area contributed by atoms with E-state index in [-0.39, 0.29) is 5.78 Å². The summed E-state index contributed by atoms with van der Waals surface area (Å²) in [6.07, 6.45) is 4.64. The summed E-state index contributed by atoms with van der Waals surface area (Å²) in [7, 11) is 0. The van der Waals surface area contributed by atoms with Crippen molar-refractivity contribution in [2.75, 3.05) is 0 Å². The van der Waals surface area contributed by atoms with Gasteiger partial charge >= 0.3 is 0 Å². The summed E-state index contributed by atoms with van der Waals surface area (Å²) >= 11 is 0. The third-order valence-electron chi connectivity index (χ3n) is 1.08. The average molecular weight is 136 g/mol. The first-order valence-electron chi connectivity index (χ1n) is 3.05. The molecule has 2 nitrogen and oxygen atoms in total. The molecule has 0 aliphatic rings. The summed E-state index contributed by atoms with van der Waals surface area (Å²) < 4.78 is 4.85. The normalized spacial score (nSPS) is 10.5. The Morgan fingerprint density at radius 1 is 1.70 bits per heavy atom. The lowest BCUT2D eigenvalue weighted by molar-refractivity contribution is 0.102. The lowest BCUT2D eigenvalue weighted by Gasteiger charge is -1.83. The molecule has 1 rings (SSSR count). The summed E-state index contributed by atoms with van der Waals surface area (Å²) in [5, 5.41) is 0. The maximum atomic E-state index is 10.9. The van der Waals surface area contributed by atoms with Crippen LogP contribution in [0.5, 0.6) is 0 Å². The van der Waals surface area contributed by atoms with Crippen LogP contribution in [0.2, 0.25) is 0 Å². The van der Waals surface area contributed by atoms with Crippen molar-refractivity contribution in [3.63, 3.8) is 0 Å². The van der Waals surface area contributed by atoms with Gasteiger partial charge in [0.15, 0.2) is 5.76 Å².